The van der Waals surface area contributed by atoms with E-state index in [9.17, 15) is 4.79 Å². The van der Waals surface area contributed by atoms with Gasteiger partial charge in [-0.2, -0.15) is 0 Å². The minimum atomic E-state index is -0.415. The van der Waals surface area contributed by atoms with Gasteiger partial charge in [0.05, 0.1) is 0 Å². The lowest BCUT2D eigenvalue weighted by Gasteiger charge is -2.40. The number of carbonyl (C=O) groups is 1. The van der Waals surface area contributed by atoms with Crippen molar-refractivity contribution in [3.05, 3.63) is 0 Å². The molecule has 0 aromatic rings. The summed E-state index contributed by atoms with van der Waals surface area (Å²) in [5.74, 6) is 0. The molecule has 1 aliphatic heterocycles. The summed E-state index contributed by atoms with van der Waals surface area (Å²) in [6.45, 7) is 11.7. The van der Waals surface area contributed by atoms with Gasteiger partial charge in [-0.25, -0.2) is 4.79 Å². The molecule has 1 aliphatic rings. The van der Waals surface area contributed by atoms with E-state index in [0.717, 1.165) is 25.9 Å². The minimum Gasteiger partial charge on any atom is -0.444 e. The van der Waals surface area contributed by atoms with Crippen LogP contribution in [0.15, 0.2) is 0 Å². The van der Waals surface area contributed by atoms with Crippen molar-refractivity contribution in [3.8, 4) is 0 Å². The van der Waals surface area contributed by atoms with Gasteiger partial charge >= 0.3 is 6.09 Å². The molecule has 18 heavy (non-hydrogen) atoms. The van der Waals surface area contributed by atoms with Crippen molar-refractivity contribution in [2.45, 2.75) is 65.1 Å². The second-order valence-electron chi connectivity index (χ2n) is 6.27. The van der Waals surface area contributed by atoms with Gasteiger partial charge in [0.25, 0.3) is 0 Å². The smallest absolute Gasteiger partial charge is 0.410 e. The van der Waals surface area contributed by atoms with Crippen LogP contribution in [0.3, 0.4) is 0 Å². The lowest BCUT2D eigenvalue weighted by atomic mass is 9.98. The number of hydrogen-bond donors (Lipinski definition) is 0. The fourth-order valence-electron chi connectivity index (χ4n) is 2.40. The van der Waals surface area contributed by atoms with Crippen LogP contribution in [0.5, 0.6) is 0 Å². The molecule has 0 aliphatic carbocycles. The largest absolute Gasteiger partial charge is 0.444 e. The molecule has 0 aromatic carbocycles. The molecule has 0 N–H and O–H groups in total. The van der Waals surface area contributed by atoms with Crippen LogP contribution in [-0.2, 0) is 4.74 Å². The van der Waals surface area contributed by atoms with E-state index >= 15 is 0 Å². The molecule has 0 bridgehead atoms. The second kappa shape index (κ2) is 5.91. The molecule has 4 heteroatoms. The average molecular weight is 256 g/mol. The number of likely N-dealkylation sites (tertiary alicyclic amines) is 1. The van der Waals surface area contributed by atoms with E-state index in [1.807, 2.05) is 32.6 Å². The van der Waals surface area contributed by atoms with Crippen LogP contribution in [0.1, 0.15) is 47.5 Å². The quantitative estimate of drug-likeness (QED) is 0.761. The first kappa shape index (κ1) is 15.3. The summed E-state index contributed by atoms with van der Waals surface area (Å²) in [6, 6.07) is 0.844. The Kier molecular flexibility index (Phi) is 5.02. The molecule has 0 saturated carbocycles. The fraction of sp³-hybridized carbons (Fsp3) is 0.929. The molecule has 1 amide bonds. The van der Waals surface area contributed by atoms with Crippen molar-refractivity contribution in [3.63, 3.8) is 0 Å². The van der Waals surface area contributed by atoms with Crippen LogP contribution < -0.4 is 0 Å². The minimum absolute atomic E-state index is 0.174. The van der Waals surface area contributed by atoms with Gasteiger partial charge in [0.2, 0.25) is 0 Å². The summed E-state index contributed by atoms with van der Waals surface area (Å²) in [7, 11) is 2.14. The van der Waals surface area contributed by atoms with Crippen LogP contribution in [0.4, 0.5) is 4.79 Å². The van der Waals surface area contributed by atoms with E-state index < -0.39 is 5.60 Å². The summed E-state index contributed by atoms with van der Waals surface area (Å²) < 4.78 is 5.48. The number of carbonyl (C=O) groups excluding carboxylic acids is 1. The lowest BCUT2D eigenvalue weighted by Crippen LogP contribution is -2.50. The number of rotatable bonds is 2. The maximum absolute atomic E-state index is 12.2. The maximum Gasteiger partial charge on any atom is 0.410 e. The first-order valence-corrected chi connectivity index (χ1v) is 6.94. The number of ether oxygens (including phenoxy) is 1. The third-order valence-corrected chi connectivity index (χ3v) is 3.59. The maximum atomic E-state index is 12.2. The van der Waals surface area contributed by atoms with E-state index in [0.29, 0.717) is 12.1 Å². The lowest BCUT2D eigenvalue weighted by molar-refractivity contribution is 0.00661. The van der Waals surface area contributed by atoms with E-state index in [1.165, 1.54) is 0 Å². The molecule has 0 aromatic heterocycles. The highest BCUT2D eigenvalue weighted by Gasteiger charge is 2.31. The highest BCUT2D eigenvalue weighted by Crippen LogP contribution is 2.22. The van der Waals surface area contributed by atoms with Gasteiger partial charge in [0.15, 0.2) is 0 Å². The summed E-state index contributed by atoms with van der Waals surface area (Å²) in [5.41, 5.74) is -0.415. The molecular weight excluding hydrogens is 228 g/mol. The second-order valence-corrected chi connectivity index (χ2v) is 6.27. The number of amides is 1. The zero-order valence-electron chi connectivity index (χ0n) is 12.7. The molecule has 2 atom stereocenters. The van der Waals surface area contributed by atoms with Crippen LogP contribution in [0.2, 0.25) is 0 Å². The van der Waals surface area contributed by atoms with Crippen molar-refractivity contribution in [1.29, 1.82) is 0 Å². The van der Waals surface area contributed by atoms with Gasteiger partial charge in [-0.1, -0.05) is 0 Å². The van der Waals surface area contributed by atoms with Gasteiger partial charge in [0.1, 0.15) is 5.60 Å². The number of piperidine rings is 1. The van der Waals surface area contributed by atoms with Gasteiger partial charge in [-0.05, 0) is 54.5 Å². The Morgan fingerprint density at radius 1 is 1.44 bits per heavy atom. The topological polar surface area (TPSA) is 32.8 Å². The fourth-order valence-corrected chi connectivity index (χ4v) is 2.40. The van der Waals surface area contributed by atoms with Gasteiger partial charge in [-0.3, -0.25) is 0 Å². The van der Waals surface area contributed by atoms with Crippen LogP contribution >= 0.6 is 0 Å². The monoisotopic (exact) mass is 256 g/mol. The SMILES string of the molecule is CCN(C(=O)OC(C)(C)C)C1CCN(C)C(C)C1. The Bertz CT molecular complexity index is 286. The van der Waals surface area contributed by atoms with Crippen molar-refractivity contribution in [2.24, 2.45) is 0 Å². The zero-order valence-corrected chi connectivity index (χ0v) is 12.7. The van der Waals surface area contributed by atoms with Crippen molar-refractivity contribution in [1.82, 2.24) is 9.80 Å². The normalized spacial score (nSPS) is 25.9. The van der Waals surface area contributed by atoms with Crippen molar-refractivity contribution >= 4 is 6.09 Å². The summed E-state index contributed by atoms with van der Waals surface area (Å²) >= 11 is 0. The third kappa shape index (κ3) is 4.16. The van der Waals surface area contributed by atoms with Gasteiger partial charge in [-0.15, -0.1) is 0 Å². The van der Waals surface area contributed by atoms with E-state index in [4.69, 9.17) is 4.74 Å². The first-order valence-electron chi connectivity index (χ1n) is 6.94. The predicted octanol–water partition coefficient (Wildman–Crippen LogP) is 2.73. The Hall–Kier alpha value is -0.770. The highest BCUT2D eigenvalue weighted by atomic mass is 16.6. The summed E-state index contributed by atoms with van der Waals surface area (Å²) in [5, 5.41) is 0. The summed E-state index contributed by atoms with van der Waals surface area (Å²) in [6.07, 6.45) is 1.89. The molecule has 0 radical (unpaired) electrons. The Balaban J connectivity index is 2.63. The zero-order chi connectivity index (χ0) is 13.9. The molecule has 106 valence electrons. The summed E-state index contributed by atoms with van der Waals surface area (Å²) in [4.78, 5) is 16.4. The highest BCUT2D eigenvalue weighted by molar-refractivity contribution is 5.68. The molecule has 2 unspecified atom stereocenters. The number of hydrogen-bond acceptors (Lipinski definition) is 3. The Morgan fingerprint density at radius 2 is 2.06 bits per heavy atom. The molecule has 1 heterocycles. The molecule has 0 spiro atoms. The van der Waals surface area contributed by atoms with Crippen LogP contribution in [-0.4, -0.2) is 53.7 Å². The molecular formula is C14H28N2O2. The Labute approximate surface area is 111 Å². The number of nitrogens with zero attached hydrogens (tertiary/aromatic N) is 2. The molecule has 1 rings (SSSR count). The first-order chi connectivity index (χ1) is 8.24. The van der Waals surface area contributed by atoms with Crippen molar-refractivity contribution in [2.75, 3.05) is 20.1 Å². The third-order valence-electron chi connectivity index (χ3n) is 3.59. The Morgan fingerprint density at radius 3 is 2.50 bits per heavy atom. The van der Waals surface area contributed by atoms with Crippen LogP contribution in [0.25, 0.3) is 0 Å². The van der Waals surface area contributed by atoms with E-state index in [1.54, 1.807) is 0 Å². The predicted molar refractivity (Wildman–Crippen MR) is 73.7 cm³/mol. The van der Waals surface area contributed by atoms with Gasteiger partial charge in [0, 0.05) is 25.2 Å². The van der Waals surface area contributed by atoms with E-state index in [2.05, 4.69) is 18.9 Å². The van der Waals surface area contributed by atoms with Gasteiger partial charge < -0.3 is 14.5 Å². The standard InChI is InChI=1S/C14H28N2O2/c1-7-16(13(17)18-14(3,4)5)12-8-9-15(6)11(2)10-12/h11-12H,7-10H2,1-6H3. The molecule has 1 fully saturated rings. The molecule has 1 saturated heterocycles. The van der Waals surface area contributed by atoms with Crippen LogP contribution in [0, 0.1) is 0 Å². The van der Waals surface area contributed by atoms with E-state index in [-0.39, 0.29) is 6.09 Å². The average Bonchev–Trinajstić information content (AvgIpc) is 2.21. The molecule has 4 nitrogen and oxygen atoms in total. The van der Waals surface area contributed by atoms with Crippen molar-refractivity contribution < 1.29 is 9.53 Å².